The smallest absolute Gasteiger partial charge is 0.135 e. The third kappa shape index (κ3) is 3.65. The van der Waals surface area contributed by atoms with Gasteiger partial charge in [0.1, 0.15) is 17.0 Å². The number of nitrogens with zero attached hydrogens (tertiary/aromatic N) is 1. The van der Waals surface area contributed by atoms with Crippen LogP contribution < -0.4 is 5.32 Å². The second kappa shape index (κ2) is 8.85. The average Bonchev–Trinajstić information content (AvgIpc) is 3.53. The molecule has 3 nitrogen and oxygen atoms in total. The number of halogens is 1. The molecule has 0 spiro atoms. The van der Waals surface area contributed by atoms with Gasteiger partial charge in [0.05, 0.1) is 11.0 Å². The average molecular weight is 519 g/mol. The molecule has 0 saturated heterocycles. The van der Waals surface area contributed by atoms with Gasteiger partial charge in [0.25, 0.3) is 0 Å². The van der Waals surface area contributed by atoms with Gasteiger partial charge in [-0.15, -0.1) is 0 Å². The van der Waals surface area contributed by atoms with Crippen molar-refractivity contribution < 1.29 is 8.81 Å². The van der Waals surface area contributed by atoms with Gasteiger partial charge in [-0.25, -0.2) is 4.39 Å². The van der Waals surface area contributed by atoms with Crippen molar-refractivity contribution in [2.24, 2.45) is 0 Å². The minimum atomic E-state index is -0.236. The first-order valence-electron chi connectivity index (χ1n) is 13.3. The van der Waals surface area contributed by atoms with E-state index in [1.807, 2.05) is 48.5 Å². The highest BCUT2D eigenvalue weighted by Crippen LogP contribution is 2.36. The molecule has 0 amide bonds. The Kier molecular flexibility index (Phi) is 5.01. The minimum Gasteiger partial charge on any atom is -0.456 e. The normalized spacial score (nSPS) is 11.6. The van der Waals surface area contributed by atoms with Gasteiger partial charge < -0.3 is 14.3 Å². The predicted molar refractivity (Wildman–Crippen MR) is 163 cm³/mol. The highest BCUT2D eigenvalue weighted by molar-refractivity contribution is 6.10. The molecular formula is C36H23FN2O. The predicted octanol–water partition coefficient (Wildman–Crippen LogP) is 10.2. The molecule has 0 unspecified atom stereocenters. The standard InChI is InChI=1S/C36H23FN2O/c37-25-12-17-28(18-13-25)39-33-7-3-1-5-29(33)31-21-24(11-19-34(31)39)23-9-14-26(15-10-23)38-27-16-20-36-32(22-27)30-6-2-4-8-35(30)40-36/h1-22,38H. The summed E-state index contributed by atoms with van der Waals surface area (Å²) in [5.41, 5.74) is 9.24. The molecule has 0 atom stereocenters. The number of nitrogens with one attached hydrogen (secondary N) is 1. The van der Waals surface area contributed by atoms with Gasteiger partial charge in [0.2, 0.25) is 0 Å². The van der Waals surface area contributed by atoms with Crippen molar-refractivity contribution in [2.75, 3.05) is 5.32 Å². The third-order valence-electron chi connectivity index (χ3n) is 7.64. The lowest BCUT2D eigenvalue weighted by molar-refractivity contribution is 0.627. The Morgan fingerprint density at radius 2 is 1.18 bits per heavy atom. The van der Waals surface area contributed by atoms with Crippen molar-refractivity contribution in [2.45, 2.75) is 0 Å². The summed E-state index contributed by atoms with van der Waals surface area (Å²) in [6.07, 6.45) is 0. The number of aromatic nitrogens is 1. The molecule has 0 saturated carbocycles. The SMILES string of the molecule is Fc1ccc(-n2c3ccccc3c3cc(-c4ccc(Nc5ccc6oc7ccccc7c6c5)cc4)ccc32)cc1. The molecular weight excluding hydrogens is 495 g/mol. The van der Waals surface area contributed by atoms with Crippen LogP contribution in [0.25, 0.3) is 60.6 Å². The summed E-state index contributed by atoms with van der Waals surface area (Å²) in [7, 11) is 0. The summed E-state index contributed by atoms with van der Waals surface area (Å²) in [6, 6.07) is 44.4. The van der Waals surface area contributed by atoms with Crippen LogP contribution in [0, 0.1) is 5.82 Å². The summed E-state index contributed by atoms with van der Waals surface area (Å²) < 4.78 is 21.8. The van der Waals surface area contributed by atoms with Crippen molar-refractivity contribution in [3.05, 3.63) is 139 Å². The van der Waals surface area contributed by atoms with Crippen molar-refractivity contribution in [1.29, 1.82) is 0 Å². The second-order valence-corrected chi connectivity index (χ2v) is 10.1. The zero-order chi connectivity index (χ0) is 26.6. The molecule has 0 aliphatic carbocycles. The Labute approximate surface area is 229 Å². The van der Waals surface area contributed by atoms with Crippen LogP contribution in [-0.4, -0.2) is 4.57 Å². The van der Waals surface area contributed by atoms with E-state index in [9.17, 15) is 4.39 Å². The van der Waals surface area contributed by atoms with Crippen molar-refractivity contribution in [1.82, 2.24) is 4.57 Å². The number of benzene rings is 6. The molecule has 4 heteroatoms. The topological polar surface area (TPSA) is 30.1 Å². The maximum absolute atomic E-state index is 13.6. The van der Waals surface area contributed by atoms with Crippen LogP contribution in [0.4, 0.5) is 15.8 Å². The van der Waals surface area contributed by atoms with E-state index < -0.39 is 0 Å². The Morgan fingerprint density at radius 3 is 2.02 bits per heavy atom. The van der Waals surface area contributed by atoms with Gasteiger partial charge in [-0.05, 0) is 90.0 Å². The first-order chi connectivity index (χ1) is 19.7. The van der Waals surface area contributed by atoms with Crippen LogP contribution in [0.2, 0.25) is 0 Å². The molecule has 2 aromatic heterocycles. The minimum absolute atomic E-state index is 0.236. The summed E-state index contributed by atoms with van der Waals surface area (Å²) in [5.74, 6) is -0.236. The van der Waals surface area contributed by atoms with E-state index in [4.69, 9.17) is 4.42 Å². The summed E-state index contributed by atoms with van der Waals surface area (Å²) in [5, 5.41) is 8.09. The molecule has 0 fully saturated rings. The van der Waals surface area contributed by atoms with Gasteiger partial charge in [0, 0.05) is 38.6 Å². The van der Waals surface area contributed by atoms with E-state index >= 15 is 0 Å². The number of fused-ring (bicyclic) bond motifs is 6. The quantitative estimate of drug-likeness (QED) is 0.251. The van der Waals surface area contributed by atoms with E-state index in [1.54, 1.807) is 0 Å². The van der Waals surface area contributed by atoms with Crippen LogP contribution in [-0.2, 0) is 0 Å². The van der Waals surface area contributed by atoms with Crippen molar-refractivity contribution >= 4 is 55.1 Å². The van der Waals surface area contributed by atoms with Crippen LogP contribution in [0.15, 0.2) is 138 Å². The summed E-state index contributed by atoms with van der Waals surface area (Å²) >= 11 is 0. The zero-order valence-corrected chi connectivity index (χ0v) is 21.4. The van der Waals surface area contributed by atoms with Crippen LogP contribution in [0.5, 0.6) is 0 Å². The van der Waals surface area contributed by atoms with Gasteiger partial charge in [0.15, 0.2) is 0 Å². The molecule has 0 aliphatic rings. The van der Waals surface area contributed by atoms with E-state index in [0.29, 0.717) is 0 Å². The first-order valence-corrected chi connectivity index (χ1v) is 13.3. The molecule has 2 heterocycles. The van der Waals surface area contributed by atoms with Crippen LogP contribution >= 0.6 is 0 Å². The van der Waals surface area contributed by atoms with E-state index in [-0.39, 0.29) is 5.82 Å². The molecule has 0 aliphatic heterocycles. The lowest BCUT2D eigenvalue weighted by Gasteiger charge is -2.09. The van der Waals surface area contributed by atoms with E-state index in [2.05, 4.69) is 82.7 Å². The maximum Gasteiger partial charge on any atom is 0.135 e. The Morgan fingerprint density at radius 1 is 0.500 bits per heavy atom. The number of anilines is 2. The summed E-state index contributed by atoms with van der Waals surface area (Å²) in [6.45, 7) is 0. The number of hydrogen-bond donors (Lipinski definition) is 1. The summed E-state index contributed by atoms with van der Waals surface area (Å²) in [4.78, 5) is 0. The highest BCUT2D eigenvalue weighted by atomic mass is 19.1. The molecule has 8 aromatic rings. The second-order valence-electron chi connectivity index (χ2n) is 10.1. The maximum atomic E-state index is 13.6. The Hall–Kier alpha value is -5.35. The fourth-order valence-corrected chi connectivity index (χ4v) is 5.74. The monoisotopic (exact) mass is 518 g/mol. The fourth-order valence-electron chi connectivity index (χ4n) is 5.74. The van der Waals surface area contributed by atoms with Gasteiger partial charge >= 0.3 is 0 Å². The van der Waals surface area contributed by atoms with Gasteiger partial charge in [-0.1, -0.05) is 54.6 Å². The largest absolute Gasteiger partial charge is 0.456 e. The molecule has 0 radical (unpaired) electrons. The zero-order valence-electron chi connectivity index (χ0n) is 21.4. The fraction of sp³-hybridized carbons (Fsp3) is 0. The van der Waals surface area contributed by atoms with Crippen LogP contribution in [0.1, 0.15) is 0 Å². The number of hydrogen-bond acceptors (Lipinski definition) is 2. The van der Waals surface area contributed by atoms with Gasteiger partial charge in [-0.2, -0.15) is 0 Å². The third-order valence-corrected chi connectivity index (χ3v) is 7.64. The lowest BCUT2D eigenvalue weighted by Crippen LogP contribution is -1.93. The molecule has 8 rings (SSSR count). The molecule has 190 valence electrons. The molecule has 1 N–H and O–H groups in total. The molecule has 6 aromatic carbocycles. The number of para-hydroxylation sites is 2. The van der Waals surface area contributed by atoms with E-state index in [1.165, 1.54) is 22.9 Å². The molecule has 40 heavy (non-hydrogen) atoms. The van der Waals surface area contributed by atoms with Crippen molar-refractivity contribution in [3.8, 4) is 16.8 Å². The molecule has 0 bridgehead atoms. The highest BCUT2D eigenvalue weighted by Gasteiger charge is 2.13. The van der Waals surface area contributed by atoms with E-state index in [0.717, 1.165) is 61.2 Å². The Bertz CT molecular complexity index is 2190. The van der Waals surface area contributed by atoms with Crippen LogP contribution in [0.3, 0.4) is 0 Å². The van der Waals surface area contributed by atoms with Gasteiger partial charge in [-0.3, -0.25) is 0 Å². The number of rotatable bonds is 4. The number of furan rings is 1. The Balaban J connectivity index is 1.14. The van der Waals surface area contributed by atoms with Crippen molar-refractivity contribution in [3.63, 3.8) is 0 Å². The lowest BCUT2D eigenvalue weighted by atomic mass is 10.0. The first kappa shape index (κ1) is 22.6.